The van der Waals surface area contributed by atoms with Crippen LogP contribution in [0.4, 0.5) is 0 Å². The molecule has 2 rings (SSSR count). The number of benzene rings is 2. The highest BCUT2D eigenvalue weighted by Crippen LogP contribution is 2.07. The van der Waals surface area contributed by atoms with Crippen molar-refractivity contribution in [1.29, 1.82) is 5.26 Å². The average molecular weight is 308 g/mol. The molecule has 0 aliphatic heterocycles. The van der Waals surface area contributed by atoms with Gasteiger partial charge in [0.1, 0.15) is 0 Å². The predicted molar refractivity (Wildman–Crippen MR) is 85.0 cm³/mol. The van der Waals surface area contributed by atoms with Crippen molar-refractivity contribution < 1.29 is 14.3 Å². The molecule has 0 fully saturated rings. The number of ether oxygens (including phenoxy) is 1. The number of rotatable bonds is 5. The van der Waals surface area contributed by atoms with Crippen LogP contribution < -0.4 is 5.32 Å². The van der Waals surface area contributed by atoms with Gasteiger partial charge < -0.3 is 10.1 Å². The molecule has 5 nitrogen and oxygen atoms in total. The van der Waals surface area contributed by atoms with Crippen LogP contribution >= 0.6 is 0 Å². The fourth-order valence-corrected chi connectivity index (χ4v) is 2.04. The summed E-state index contributed by atoms with van der Waals surface area (Å²) in [5.41, 5.74) is 2.55. The second-order valence-electron chi connectivity index (χ2n) is 4.88. The average Bonchev–Trinajstić information content (AvgIpc) is 2.61. The topological polar surface area (TPSA) is 79.2 Å². The second kappa shape index (κ2) is 7.76. The minimum Gasteiger partial charge on any atom is -0.465 e. The van der Waals surface area contributed by atoms with Crippen molar-refractivity contribution in [2.45, 2.75) is 6.42 Å². The maximum Gasteiger partial charge on any atom is 0.337 e. The normalized spacial score (nSPS) is 9.74. The second-order valence-corrected chi connectivity index (χ2v) is 4.88. The molecule has 0 radical (unpaired) electrons. The Hall–Kier alpha value is -3.13. The van der Waals surface area contributed by atoms with Gasteiger partial charge in [0.05, 0.1) is 24.3 Å². The van der Waals surface area contributed by atoms with Gasteiger partial charge in [0.15, 0.2) is 0 Å². The lowest BCUT2D eigenvalue weighted by Gasteiger charge is -2.06. The van der Waals surface area contributed by atoms with Crippen molar-refractivity contribution in [3.05, 3.63) is 70.8 Å². The highest BCUT2D eigenvalue weighted by Gasteiger charge is 2.06. The lowest BCUT2D eigenvalue weighted by atomic mass is 10.1. The number of nitrogens with zero attached hydrogens (tertiary/aromatic N) is 1. The third-order valence-corrected chi connectivity index (χ3v) is 3.35. The van der Waals surface area contributed by atoms with Crippen LogP contribution in [0.5, 0.6) is 0 Å². The summed E-state index contributed by atoms with van der Waals surface area (Å²) in [5, 5.41) is 11.5. The molecule has 5 heteroatoms. The van der Waals surface area contributed by atoms with E-state index in [4.69, 9.17) is 5.26 Å². The number of hydrogen-bond acceptors (Lipinski definition) is 4. The summed E-state index contributed by atoms with van der Waals surface area (Å²) in [5.74, 6) is -0.550. The van der Waals surface area contributed by atoms with Crippen molar-refractivity contribution in [2.75, 3.05) is 13.7 Å². The lowest BCUT2D eigenvalue weighted by Crippen LogP contribution is -2.25. The molecule has 2 aromatic carbocycles. The van der Waals surface area contributed by atoms with Gasteiger partial charge in [0.2, 0.25) is 0 Å². The Labute approximate surface area is 134 Å². The lowest BCUT2D eigenvalue weighted by molar-refractivity contribution is 0.0600. The van der Waals surface area contributed by atoms with E-state index in [1.54, 1.807) is 36.4 Å². The van der Waals surface area contributed by atoms with Gasteiger partial charge in [-0.3, -0.25) is 4.79 Å². The van der Waals surface area contributed by atoms with Crippen molar-refractivity contribution in [2.24, 2.45) is 0 Å². The number of carbonyl (C=O) groups excluding carboxylic acids is 2. The first kappa shape index (κ1) is 16.2. The van der Waals surface area contributed by atoms with Crippen LogP contribution in [0.25, 0.3) is 0 Å². The minimum absolute atomic E-state index is 0.180. The Morgan fingerprint density at radius 2 is 1.65 bits per heavy atom. The van der Waals surface area contributed by atoms with Crippen LogP contribution in [-0.2, 0) is 11.2 Å². The van der Waals surface area contributed by atoms with Gasteiger partial charge in [-0.05, 0) is 48.4 Å². The van der Waals surface area contributed by atoms with E-state index in [9.17, 15) is 9.59 Å². The van der Waals surface area contributed by atoms with Crippen LogP contribution in [-0.4, -0.2) is 25.5 Å². The number of hydrogen-bond donors (Lipinski definition) is 1. The molecule has 0 bridgehead atoms. The van der Waals surface area contributed by atoms with Gasteiger partial charge >= 0.3 is 5.97 Å². The Morgan fingerprint density at radius 1 is 1.04 bits per heavy atom. The first-order valence-electron chi connectivity index (χ1n) is 7.09. The van der Waals surface area contributed by atoms with E-state index in [1.807, 2.05) is 18.2 Å². The molecule has 0 heterocycles. The highest BCUT2D eigenvalue weighted by molar-refractivity contribution is 5.94. The zero-order valence-electron chi connectivity index (χ0n) is 12.7. The number of amides is 1. The van der Waals surface area contributed by atoms with Gasteiger partial charge in [-0.1, -0.05) is 12.1 Å². The maximum absolute atomic E-state index is 12.0. The third kappa shape index (κ3) is 4.42. The van der Waals surface area contributed by atoms with Crippen molar-refractivity contribution in [3.8, 4) is 6.07 Å². The largest absolute Gasteiger partial charge is 0.465 e. The molecule has 2 aromatic rings. The van der Waals surface area contributed by atoms with Crippen LogP contribution in [0, 0.1) is 11.3 Å². The molecule has 0 unspecified atom stereocenters. The number of nitriles is 1. The summed E-state index contributed by atoms with van der Waals surface area (Å²) in [6, 6.07) is 15.5. The molecule has 1 amide bonds. The molecule has 0 saturated carbocycles. The molecular weight excluding hydrogens is 292 g/mol. The van der Waals surface area contributed by atoms with E-state index in [-0.39, 0.29) is 11.9 Å². The van der Waals surface area contributed by atoms with Crippen LogP contribution in [0.1, 0.15) is 31.8 Å². The molecule has 1 N–H and O–H groups in total. The summed E-state index contributed by atoms with van der Waals surface area (Å²) in [6.07, 6.45) is 0.656. The van der Waals surface area contributed by atoms with Crippen molar-refractivity contribution in [1.82, 2.24) is 5.32 Å². The molecule has 0 aromatic heterocycles. The van der Waals surface area contributed by atoms with Gasteiger partial charge in [0, 0.05) is 12.1 Å². The predicted octanol–water partition coefficient (Wildman–Crippen LogP) is 2.32. The zero-order chi connectivity index (χ0) is 16.7. The first-order valence-corrected chi connectivity index (χ1v) is 7.09. The summed E-state index contributed by atoms with van der Waals surface area (Å²) in [7, 11) is 1.34. The first-order chi connectivity index (χ1) is 11.1. The molecule has 0 atom stereocenters. The quantitative estimate of drug-likeness (QED) is 0.860. The van der Waals surface area contributed by atoms with Gasteiger partial charge in [0.25, 0.3) is 5.91 Å². The molecule has 0 aliphatic rings. The summed E-state index contributed by atoms with van der Waals surface area (Å²) < 4.78 is 4.64. The zero-order valence-corrected chi connectivity index (χ0v) is 12.7. The Bertz CT molecular complexity index is 728. The summed E-state index contributed by atoms with van der Waals surface area (Å²) in [6.45, 7) is 0.483. The summed E-state index contributed by atoms with van der Waals surface area (Å²) >= 11 is 0. The Balaban J connectivity index is 1.85. The third-order valence-electron chi connectivity index (χ3n) is 3.35. The van der Waals surface area contributed by atoms with E-state index in [0.717, 1.165) is 5.56 Å². The number of carbonyl (C=O) groups is 2. The maximum atomic E-state index is 12.0. The van der Waals surface area contributed by atoms with E-state index >= 15 is 0 Å². The van der Waals surface area contributed by atoms with Crippen LogP contribution in [0.3, 0.4) is 0 Å². The highest BCUT2D eigenvalue weighted by atomic mass is 16.5. The van der Waals surface area contributed by atoms with Crippen molar-refractivity contribution >= 4 is 11.9 Å². The molecule has 116 valence electrons. The molecule has 0 spiro atoms. The number of esters is 1. The summed E-state index contributed by atoms with van der Waals surface area (Å²) in [4.78, 5) is 23.3. The van der Waals surface area contributed by atoms with Gasteiger partial charge in [-0.25, -0.2) is 4.79 Å². The molecule has 0 aliphatic carbocycles. The number of nitrogens with one attached hydrogen (secondary N) is 1. The smallest absolute Gasteiger partial charge is 0.337 e. The van der Waals surface area contributed by atoms with Crippen molar-refractivity contribution in [3.63, 3.8) is 0 Å². The molecule has 23 heavy (non-hydrogen) atoms. The van der Waals surface area contributed by atoms with Crippen LogP contribution in [0.15, 0.2) is 48.5 Å². The monoisotopic (exact) mass is 308 g/mol. The molecule has 0 saturated heterocycles. The fraction of sp³-hybridized carbons (Fsp3) is 0.167. The van der Waals surface area contributed by atoms with E-state index in [0.29, 0.717) is 29.7 Å². The van der Waals surface area contributed by atoms with Gasteiger partial charge in [-0.15, -0.1) is 0 Å². The van der Waals surface area contributed by atoms with Gasteiger partial charge in [-0.2, -0.15) is 5.26 Å². The van der Waals surface area contributed by atoms with E-state index < -0.39 is 0 Å². The minimum atomic E-state index is -0.370. The molecular formula is C18H16N2O3. The standard InChI is InChI=1S/C18H16N2O3/c1-23-18(22)16-8-2-13(3-9-16)10-11-20-17(21)15-6-4-14(12-19)5-7-15/h2-9H,10-11H2,1H3,(H,20,21). The fourth-order valence-electron chi connectivity index (χ4n) is 2.04. The van der Waals surface area contributed by atoms with E-state index in [2.05, 4.69) is 10.1 Å². The Kier molecular flexibility index (Phi) is 5.48. The van der Waals surface area contributed by atoms with E-state index in [1.165, 1.54) is 7.11 Å². The van der Waals surface area contributed by atoms with Crippen LogP contribution in [0.2, 0.25) is 0 Å². The SMILES string of the molecule is COC(=O)c1ccc(CCNC(=O)c2ccc(C#N)cc2)cc1. The number of methoxy groups -OCH3 is 1. The Morgan fingerprint density at radius 3 is 2.22 bits per heavy atom.